The van der Waals surface area contributed by atoms with E-state index < -0.39 is 22.5 Å². The van der Waals surface area contributed by atoms with Gasteiger partial charge in [-0.05, 0) is 24.1 Å². The van der Waals surface area contributed by atoms with Crippen molar-refractivity contribution < 1.29 is 19.1 Å². The molecule has 0 heterocycles. The number of halogens is 2. The lowest BCUT2D eigenvalue weighted by Gasteiger charge is -2.14. The van der Waals surface area contributed by atoms with Crippen LogP contribution in [0.2, 0.25) is 0 Å². The van der Waals surface area contributed by atoms with Crippen LogP contribution in [-0.2, 0) is 4.79 Å². The first kappa shape index (κ1) is 14.6. The van der Waals surface area contributed by atoms with Gasteiger partial charge in [-0.15, -0.1) is 0 Å². The summed E-state index contributed by atoms with van der Waals surface area (Å²) in [6, 6.07) is 3.24. The van der Waals surface area contributed by atoms with Gasteiger partial charge in [-0.25, -0.2) is 9.18 Å². The Hall–Kier alpha value is -1.43. The highest BCUT2D eigenvalue weighted by atomic mass is 79.9. The van der Waals surface area contributed by atoms with Gasteiger partial charge in [0, 0.05) is 0 Å². The Kier molecular flexibility index (Phi) is 4.84. The number of alkyl halides is 1. The number of amides is 1. The molecule has 1 amide bonds. The number of carbonyl (C=O) groups is 2. The third-order valence-corrected chi connectivity index (χ3v) is 3.78. The SMILES string of the molecule is CC(C)C(Br)C(=O)Nc1cc(C(=O)O)ccc1F. The fourth-order valence-corrected chi connectivity index (χ4v) is 1.37. The van der Waals surface area contributed by atoms with E-state index in [0.29, 0.717) is 0 Å². The summed E-state index contributed by atoms with van der Waals surface area (Å²) < 4.78 is 13.4. The molecule has 6 heteroatoms. The number of benzene rings is 1. The van der Waals surface area contributed by atoms with Gasteiger partial charge in [-0.2, -0.15) is 0 Å². The molecule has 1 rings (SSSR count). The number of carboxylic acids is 1. The Balaban J connectivity index is 2.93. The van der Waals surface area contributed by atoms with Crippen LogP contribution in [0.1, 0.15) is 24.2 Å². The van der Waals surface area contributed by atoms with Crippen LogP contribution in [-0.4, -0.2) is 21.8 Å². The van der Waals surface area contributed by atoms with Gasteiger partial charge in [0.15, 0.2) is 0 Å². The first-order chi connectivity index (χ1) is 8.32. The predicted octanol–water partition coefficient (Wildman–Crippen LogP) is 2.88. The molecule has 4 nitrogen and oxygen atoms in total. The van der Waals surface area contributed by atoms with Crippen LogP contribution in [0, 0.1) is 11.7 Å². The van der Waals surface area contributed by atoms with Gasteiger partial charge in [0.05, 0.1) is 16.1 Å². The lowest BCUT2D eigenvalue weighted by atomic mass is 10.1. The quantitative estimate of drug-likeness (QED) is 0.839. The second-order valence-corrected chi connectivity index (χ2v) is 5.12. The molecule has 18 heavy (non-hydrogen) atoms. The molecule has 0 aliphatic carbocycles. The smallest absolute Gasteiger partial charge is 0.335 e. The van der Waals surface area contributed by atoms with Gasteiger partial charge < -0.3 is 10.4 Å². The normalized spacial score (nSPS) is 12.3. The van der Waals surface area contributed by atoms with Crippen LogP contribution >= 0.6 is 15.9 Å². The molecular weight excluding hydrogens is 305 g/mol. The van der Waals surface area contributed by atoms with Crippen molar-refractivity contribution >= 4 is 33.5 Å². The molecule has 1 atom stereocenters. The fourth-order valence-electron chi connectivity index (χ4n) is 1.26. The minimum atomic E-state index is -1.18. The minimum absolute atomic E-state index is 0.0377. The Labute approximate surface area is 112 Å². The lowest BCUT2D eigenvalue weighted by Crippen LogP contribution is -2.27. The van der Waals surface area contributed by atoms with E-state index in [4.69, 9.17) is 5.11 Å². The summed E-state index contributed by atoms with van der Waals surface area (Å²) in [5.74, 6) is -2.22. The van der Waals surface area contributed by atoms with E-state index in [0.717, 1.165) is 18.2 Å². The van der Waals surface area contributed by atoms with Gasteiger partial charge in [-0.3, -0.25) is 4.79 Å². The van der Waals surface area contributed by atoms with Crippen LogP contribution < -0.4 is 5.32 Å². The van der Waals surface area contributed by atoms with Crippen molar-refractivity contribution in [2.24, 2.45) is 5.92 Å². The second kappa shape index (κ2) is 5.95. The maximum atomic E-state index is 13.4. The van der Waals surface area contributed by atoms with Crippen LogP contribution in [0.4, 0.5) is 10.1 Å². The number of hydrogen-bond donors (Lipinski definition) is 2. The average molecular weight is 318 g/mol. The highest BCUT2D eigenvalue weighted by molar-refractivity contribution is 9.10. The molecule has 0 radical (unpaired) electrons. The van der Waals surface area contributed by atoms with E-state index in [2.05, 4.69) is 21.2 Å². The van der Waals surface area contributed by atoms with Crippen LogP contribution in [0.3, 0.4) is 0 Å². The predicted molar refractivity (Wildman–Crippen MR) is 69.5 cm³/mol. The molecule has 1 aromatic rings. The van der Waals surface area contributed by atoms with Gasteiger partial charge in [0.2, 0.25) is 5.91 Å². The molecule has 0 aliphatic rings. The van der Waals surface area contributed by atoms with Crippen molar-refractivity contribution in [1.29, 1.82) is 0 Å². The number of carboxylic acid groups (broad SMARTS) is 1. The largest absolute Gasteiger partial charge is 0.478 e. The summed E-state index contributed by atoms with van der Waals surface area (Å²) in [4.78, 5) is 22.0. The summed E-state index contributed by atoms with van der Waals surface area (Å²) >= 11 is 3.19. The number of carbonyl (C=O) groups excluding carboxylic acids is 1. The molecule has 0 saturated heterocycles. The van der Waals surface area contributed by atoms with Crippen molar-refractivity contribution in [1.82, 2.24) is 0 Å². The number of rotatable bonds is 4. The number of hydrogen-bond acceptors (Lipinski definition) is 2. The summed E-state index contributed by atoms with van der Waals surface area (Å²) in [7, 11) is 0. The zero-order valence-corrected chi connectivity index (χ0v) is 11.5. The molecule has 1 unspecified atom stereocenters. The average Bonchev–Trinajstić information content (AvgIpc) is 2.30. The summed E-state index contributed by atoms with van der Waals surface area (Å²) in [5, 5.41) is 11.1. The monoisotopic (exact) mass is 317 g/mol. The Bertz CT molecular complexity index is 476. The highest BCUT2D eigenvalue weighted by Gasteiger charge is 2.20. The second-order valence-electron chi connectivity index (χ2n) is 4.13. The highest BCUT2D eigenvalue weighted by Crippen LogP contribution is 2.19. The molecule has 0 fully saturated rings. The topological polar surface area (TPSA) is 66.4 Å². The van der Waals surface area contributed by atoms with Crippen LogP contribution in [0.25, 0.3) is 0 Å². The molecule has 2 N–H and O–H groups in total. The van der Waals surface area contributed by atoms with E-state index in [1.54, 1.807) is 0 Å². The molecule has 0 saturated carbocycles. The van der Waals surface area contributed by atoms with Gasteiger partial charge in [0.25, 0.3) is 0 Å². The van der Waals surface area contributed by atoms with E-state index in [9.17, 15) is 14.0 Å². The zero-order chi connectivity index (χ0) is 13.9. The van der Waals surface area contributed by atoms with E-state index in [-0.39, 0.29) is 17.2 Å². The molecule has 0 aromatic heterocycles. The van der Waals surface area contributed by atoms with Gasteiger partial charge in [0.1, 0.15) is 5.82 Å². The van der Waals surface area contributed by atoms with E-state index >= 15 is 0 Å². The molecular formula is C12H13BrFNO3. The maximum absolute atomic E-state index is 13.4. The minimum Gasteiger partial charge on any atom is -0.478 e. The number of anilines is 1. The van der Waals surface area contributed by atoms with Crippen molar-refractivity contribution in [3.05, 3.63) is 29.6 Å². The zero-order valence-electron chi connectivity index (χ0n) is 9.91. The van der Waals surface area contributed by atoms with Crippen LogP contribution in [0.15, 0.2) is 18.2 Å². The van der Waals surface area contributed by atoms with Crippen molar-refractivity contribution in [3.63, 3.8) is 0 Å². The summed E-state index contributed by atoms with van der Waals surface area (Å²) in [6.45, 7) is 3.67. The molecule has 98 valence electrons. The number of nitrogens with one attached hydrogen (secondary N) is 1. The van der Waals surface area contributed by atoms with Crippen molar-refractivity contribution in [2.45, 2.75) is 18.7 Å². The van der Waals surface area contributed by atoms with Crippen LogP contribution in [0.5, 0.6) is 0 Å². The van der Waals surface area contributed by atoms with E-state index in [1.165, 1.54) is 0 Å². The van der Waals surface area contributed by atoms with Crippen molar-refractivity contribution in [3.8, 4) is 0 Å². The lowest BCUT2D eigenvalue weighted by molar-refractivity contribution is -0.116. The number of aromatic carboxylic acids is 1. The third-order valence-electron chi connectivity index (χ3n) is 2.31. The Morgan fingerprint density at radius 2 is 2.00 bits per heavy atom. The Morgan fingerprint density at radius 3 is 2.50 bits per heavy atom. The van der Waals surface area contributed by atoms with Gasteiger partial charge in [-0.1, -0.05) is 29.8 Å². The summed E-state index contributed by atoms with van der Waals surface area (Å²) in [5.41, 5.74) is -0.215. The molecule has 1 aromatic carbocycles. The van der Waals surface area contributed by atoms with Gasteiger partial charge >= 0.3 is 5.97 Å². The van der Waals surface area contributed by atoms with E-state index in [1.807, 2.05) is 13.8 Å². The van der Waals surface area contributed by atoms with Crippen molar-refractivity contribution in [2.75, 3.05) is 5.32 Å². The fraction of sp³-hybridized carbons (Fsp3) is 0.333. The standard InChI is InChI=1S/C12H13BrFNO3/c1-6(2)10(13)11(16)15-9-5-7(12(17)18)3-4-8(9)14/h3-6,10H,1-2H3,(H,15,16)(H,17,18). The molecule has 0 aliphatic heterocycles. The first-order valence-electron chi connectivity index (χ1n) is 5.30. The third kappa shape index (κ3) is 3.53. The summed E-state index contributed by atoms with van der Waals surface area (Å²) in [6.07, 6.45) is 0. The molecule has 0 bridgehead atoms. The Morgan fingerprint density at radius 1 is 1.39 bits per heavy atom. The maximum Gasteiger partial charge on any atom is 0.335 e. The molecule has 0 spiro atoms. The first-order valence-corrected chi connectivity index (χ1v) is 6.22.